The number of hydrogen-bond acceptors (Lipinski definition) is 3. The monoisotopic (exact) mass is 194 g/mol. The van der Waals surface area contributed by atoms with Crippen LogP contribution in [0.3, 0.4) is 0 Å². The quantitative estimate of drug-likeness (QED) is 0.501. The summed E-state index contributed by atoms with van der Waals surface area (Å²) in [6.45, 7) is 9.43. The Hall–Kier alpha value is -1.09. The molecule has 1 aliphatic carbocycles. The highest BCUT2D eigenvalue weighted by Gasteiger charge is 2.58. The van der Waals surface area contributed by atoms with Gasteiger partial charge in [0.05, 0.1) is 12.0 Å². The first-order chi connectivity index (χ1) is 6.50. The van der Waals surface area contributed by atoms with E-state index in [9.17, 15) is 9.90 Å². The van der Waals surface area contributed by atoms with Crippen molar-refractivity contribution in [1.82, 2.24) is 0 Å². The second kappa shape index (κ2) is 2.70. The summed E-state index contributed by atoms with van der Waals surface area (Å²) in [5.41, 5.74) is 0.166. The van der Waals surface area contributed by atoms with Crippen molar-refractivity contribution in [2.45, 2.75) is 25.6 Å². The number of carbonyl (C=O) groups excluding carboxylic acids is 1. The maximum absolute atomic E-state index is 11.5. The Bertz CT molecular complexity index is 320. The third-order valence-electron chi connectivity index (χ3n) is 3.49. The van der Waals surface area contributed by atoms with Gasteiger partial charge in [0.25, 0.3) is 0 Å². The highest BCUT2D eigenvalue weighted by Crippen LogP contribution is 2.51. The lowest BCUT2D eigenvalue weighted by Crippen LogP contribution is -2.42. The standard InChI is InChI=1S/C11H14O3/c1-4-11(3)8-5-7(12)6(2)9(11)10(13)14-8/h4,7-9,12H,1-2,5H2,3H3/t7-,8-,9-,11+/m0/s1. The van der Waals surface area contributed by atoms with Gasteiger partial charge in [-0.05, 0) is 5.57 Å². The SMILES string of the molecule is C=C[C@@]1(C)[C@H]2C(=C)[C@@H](O)C[C@@H]1OC2=O. The van der Waals surface area contributed by atoms with E-state index in [1.54, 1.807) is 6.08 Å². The lowest BCUT2D eigenvalue weighted by molar-refractivity contribution is -0.142. The Labute approximate surface area is 83.1 Å². The highest BCUT2D eigenvalue weighted by molar-refractivity contribution is 5.81. The molecule has 14 heavy (non-hydrogen) atoms. The van der Waals surface area contributed by atoms with Gasteiger partial charge < -0.3 is 9.84 Å². The maximum atomic E-state index is 11.5. The molecule has 0 aromatic carbocycles. The predicted molar refractivity (Wildman–Crippen MR) is 51.4 cm³/mol. The van der Waals surface area contributed by atoms with E-state index in [0.29, 0.717) is 12.0 Å². The summed E-state index contributed by atoms with van der Waals surface area (Å²) < 4.78 is 5.20. The smallest absolute Gasteiger partial charge is 0.314 e. The first kappa shape index (κ1) is 9.46. The fourth-order valence-corrected chi connectivity index (χ4v) is 2.42. The van der Waals surface area contributed by atoms with Crippen molar-refractivity contribution in [3.63, 3.8) is 0 Å². The van der Waals surface area contributed by atoms with Gasteiger partial charge in [0.1, 0.15) is 6.10 Å². The minimum atomic E-state index is -0.621. The second-order valence-electron chi connectivity index (χ2n) is 4.26. The van der Waals surface area contributed by atoms with E-state index in [1.807, 2.05) is 6.92 Å². The summed E-state index contributed by atoms with van der Waals surface area (Å²) in [6.07, 6.45) is 1.30. The topological polar surface area (TPSA) is 46.5 Å². The van der Waals surface area contributed by atoms with Gasteiger partial charge in [-0.25, -0.2) is 0 Å². The molecule has 0 unspecified atom stereocenters. The number of ether oxygens (including phenoxy) is 1. The number of esters is 1. The summed E-state index contributed by atoms with van der Waals surface area (Å²) in [5.74, 6) is -0.701. The van der Waals surface area contributed by atoms with E-state index in [-0.39, 0.29) is 12.1 Å². The molecule has 0 aromatic rings. The molecule has 1 heterocycles. The Morgan fingerprint density at radius 2 is 2.36 bits per heavy atom. The average Bonchev–Trinajstić information content (AvgIpc) is 2.30. The fraction of sp³-hybridized carbons (Fsp3) is 0.545. The number of fused-ring (bicyclic) bond motifs is 2. The zero-order chi connectivity index (χ0) is 10.5. The molecule has 0 amide bonds. The Balaban J connectivity index is 2.47. The van der Waals surface area contributed by atoms with Crippen LogP contribution in [0.1, 0.15) is 13.3 Å². The Morgan fingerprint density at radius 3 is 2.93 bits per heavy atom. The van der Waals surface area contributed by atoms with Crippen molar-refractivity contribution in [3.8, 4) is 0 Å². The first-order valence-electron chi connectivity index (χ1n) is 4.71. The van der Waals surface area contributed by atoms with E-state index in [4.69, 9.17) is 4.74 Å². The zero-order valence-electron chi connectivity index (χ0n) is 8.19. The number of aliphatic hydroxyl groups excluding tert-OH is 1. The summed E-state index contributed by atoms with van der Waals surface area (Å²) in [4.78, 5) is 11.5. The van der Waals surface area contributed by atoms with Gasteiger partial charge in [0.15, 0.2) is 0 Å². The summed E-state index contributed by atoms with van der Waals surface area (Å²) >= 11 is 0. The zero-order valence-corrected chi connectivity index (χ0v) is 8.19. The second-order valence-corrected chi connectivity index (χ2v) is 4.26. The van der Waals surface area contributed by atoms with Crippen molar-refractivity contribution in [2.75, 3.05) is 0 Å². The van der Waals surface area contributed by atoms with Crippen LogP contribution in [0, 0.1) is 11.3 Å². The van der Waals surface area contributed by atoms with E-state index >= 15 is 0 Å². The number of hydrogen-bond donors (Lipinski definition) is 1. The Morgan fingerprint density at radius 1 is 1.71 bits per heavy atom. The van der Waals surface area contributed by atoms with Gasteiger partial charge in [-0.3, -0.25) is 4.79 Å². The predicted octanol–water partition coefficient (Wildman–Crippen LogP) is 1.04. The largest absolute Gasteiger partial charge is 0.461 e. The molecular formula is C11H14O3. The van der Waals surface area contributed by atoms with Gasteiger partial charge in [-0.1, -0.05) is 19.6 Å². The highest BCUT2D eigenvalue weighted by atomic mass is 16.6. The molecule has 1 N–H and O–H groups in total. The molecule has 2 aliphatic rings. The number of aliphatic hydroxyl groups is 1. The molecular weight excluding hydrogens is 180 g/mol. The minimum absolute atomic E-state index is 0.252. The van der Waals surface area contributed by atoms with Crippen molar-refractivity contribution in [2.24, 2.45) is 11.3 Å². The van der Waals surface area contributed by atoms with Crippen molar-refractivity contribution in [3.05, 3.63) is 24.8 Å². The molecule has 2 fully saturated rings. The minimum Gasteiger partial charge on any atom is -0.461 e. The summed E-state index contributed by atoms with van der Waals surface area (Å²) in [7, 11) is 0. The molecule has 4 atom stereocenters. The van der Waals surface area contributed by atoms with Crippen LogP contribution in [-0.2, 0) is 9.53 Å². The summed E-state index contributed by atoms with van der Waals surface area (Å²) in [5, 5.41) is 9.64. The van der Waals surface area contributed by atoms with Gasteiger partial charge >= 0.3 is 5.97 Å². The molecule has 1 aliphatic heterocycles. The van der Waals surface area contributed by atoms with Crippen molar-refractivity contribution >= 4 is 5.97 Å². The molecule has 2 bridgehead atoms. The molecule has 3 nitrogen and oxygen atoms in total. The van der Waals surface area contributed by atoms with Crippen molar-refractivity contribution < 1.29 is 14.6 Å². The van der Waals surface area contributed by atoms with Crippen LogP contribution < -0.4 is 0 Å². The van der Waals surface area contributed by atoms with Crippen LogP contribution in [-0.4, -0.2) is 23.3 Å². The van der Waals surface area contributed by atoms with Gasteiger partial charge in [-0.2, -0.15) is 0 Å². The molecule has 0 spiro atoms. The molecule has 76 valence electrons. The Kier molecular flexibility index (Phi) is 1.83. The molecule has 1 saturated heterocycles. The molecule has 2 rings (SSSR count). The first-order valence-corrected chi connectivity index (χ1v) is 4.71. The normalized spacial score (nSPS) is 46.3. The lowest BCUT2D eigenvalue weighted by Gasteiger charge is -2.37. The van der Waals surface area contributed by atoms with Crippen LogP contribution in [0.5, 0.6) is 0 Å². The molecule has 0 aromatic heterocycles. The van der Waals surface area contributed by atoms with Gasteiger partial charge in [0.2, 0.25) is 0 Å². The maximum Gasteiger partial charge on any atom is 0.314 e. The van der Waals surface area contributed by atoms with Crippen LogP contribution in [0.2, 0.25) is 0 Å². The van der Waals surface area contributed by atoms with E-state index in [2.05, 4.69) is 13.2 Å². The van der Waals surface area contributed by atoms with E-state index in [1.165, 1.54) is 0 Å². The lowest BCUT2D eigenvalue weighted by atomic mass is 9.65. The van der Waals surface area contributed by atoms with Gasteiger partial charge in [0, 0.05) is 11.8 Å². The number of rotatable bonds is 1. The summed E-state index contributed by atoms with van der Waals surface area (Å²) in [6, 6.07) is 0. The fourth-order valence-electron chi connectivity index (χ4n) is 2.42. The van der Waals surface area contributed by atoms with Crippen LogP contribution in [0.15, 0.2) is 24.8 Å². The molecule has 1 saturated carbocycles. The molecule has 3 heteroatoms. The van der Waals surface area contributed by atoms with Gasteiger partial charge in [-0.15, -0.1) is 6.58 Å². The van der Waals surface area contributed by atoms with Crippen molar-refractivity contribution in [1.29, 1.82) is 0 Å². The number of carbonyl (C=O) groups is 1. The van der Waals surface area contributed by atoms with Crippen LogP contribution in [0.4, 0.5) is 0 Å². The average molecular weight is 194 g/mol. The van der Waals surface area contributed by atoms with E-state index < -0.39 is 17.4 Å². The van der Waals surface area contributed by atoms with Crippen LogP contribution >= 0.6 is 0 Å². The van der Waals surface area contributed by atoms with Crippen LogP contribution in [0.25, 0.3) is 0 Å². The third-order valence-corrected chi connectivity index (χ3v) is 3.49. The third kappa shape index (κ3) is 0.932. The molecule has 0 radical (unpaired) electrons. The van der Waals surface area contributed by atoms with E-state index in [0.717, 1.165) is 0 Å².